The van der Waals surface area contributed by atoms with Crippen LogP contribution in [0.25, 0.3) is 216 Å². The maximum atomic E-state index is 7.27. The number of fused-ring (bicyclic) bond motifs is 17. The lowest BCUT2D eigenvalue weighted by Crippen LogP contribution is -2.14. The smallest absolute Gasteiger partial charge is 0.161 e. The average Bonchev–Trinajstić information content (AvgIpc) is 1.55. The molecule has 0 bridgehead atoms. The Hall–Kier alpha value is -14.5. The van der Waals surface area contributed by atoms with Crippen molar-refractivity contribution in [3.05, 3.63) is 363 Å². The van der Waals surface area contributed by atoms with Crippen LogP contribution in [-0.2, 0) is 5.41 Å². The number of imidazole rings is 1. The fourth-order valence-electron chi connectivity index (χ4n) is 18.2. The molecule has 23 rings (SSSR count). The molecule has 110 heavy (non-hydrogen) atoms. The molecule has 6 heterocycles. The van der Waals surface area contributed by atoms with E-state index in [1.165, 1.54) is 33.2 Å². The molecule has 0 atom stereocenters. The molecule has 0 spiro atoms. The summed E-state index contributed by atoms with van der Waals surface area (Å²) in [6.07, 6.45) is 0. The molecular weight excluding hydrogens is 1340 g/mol. The Morgan fingerprint density at radius 1 is 0.264 bits per heavy atom. The van der Waals surface area contributed by atoms with Gasteiger partial charge in [-0.2, -0.15) is 0 Å². The van der Waals surface area contributed by atoms with Crippen molar-refractivity contribution < 1.29 is 8.83 Å². The van der Waals surface area contributed by atoms with Gasteiger partial charge >= 0.3 is 0 Å². The van der Waals surface area contributed by atoms with E-state index < -0.39 is 0 Å². The second-order valence-electron chi connectivity index (χ2n) is 29.7. The lowest BCUT2D eigenvalue weighted by atomic mass is 9.82. The van der Waals surface area contributed by atoms with Crippen LogP contribution in [0.15, 0.2) is 361 Å². The van der Waals surface area contributed by atoms with Crippen LogP contribution in [0.1, 0.15) is 25.0 Å². The number of benzene rings is 16. The van der Waals surface area contributed by atoms with Gasteiger partial charge in [0.05, 0.1) is 55.7 Å². The number of rotatable bonds is 10. The Kier molecular flexibility index (Phi) is 13.4. The zero-order valence-corrected chi connectivity index (χ0v) is 60.0. The van der Waals surface area contributed by atoms with E-state index in [2.05, 4.69) is 379 Å². The van der Waals surface area contributed by atoms with Crippen LogP contribution < -0.4 is 0 Å². The van der Waals surface area contributed by atoms with Gasteiger partial charge in [-0.05, 0) is 164 Å². The molecule has 0 saturated carbocycles. The van der Waals surface area contributed by atoms with Gasteiger partial charge in [-0.25, -0.2) is 15.0 Å². The Morgan fingerprint density at radius 2 is 0.755 bits per heavy atom. The Bertz CT molecular complexity index is 7590. The van der Waals surface area contributed by atoms with Gasteiger partial charge in [0.15, 0.2) is 17.0 Å². The molecule has 0 fully saturated rings. The zero-order valence-electron chi connectivity index (χ0n) is 60.0. The lowest BCUT2D eigenvalue weighted by Gasteiger charge is -2.21. The van der Waals surface area contributed by atoms with Crippen molar-refractivity contribution in [3.8, 4) is 107 Å². The van der Waals surface area contributed by atoms with Crippen molar-refractivity contribution in [2.24, 2.45) is 0 Å². The first-order chi connectivity index (χ1) is 54.3. The predicted molar refractivity (Wildman–Crippen MR) is 453 cm³/mol. The number of para-hydroxylation sites is 7. The second kappa shape index (κ2) is 23.8. The van der Waals surface area contributed by atoms with Crippen LogP contribution in [0.3, 0.4) is 0 Å². The van der Waals surface area contributed by atoms with Crippen LogP contribution in [0.5, 0.6) is 0 Å². The summed E-state index contributed by atoms with van der Waals surface area (Å²) in [6.45, 7) is 4.75. The van der Waals surface area contributed by atoms with Crippen molar-refractivity contribution in [2.75, 3.05) is 0 Å². The predicted octanol–water partition coefficient (Wildman–Crippen LogP) is 26.9. The molecule has 1 aliphatic rings. The third-order valence-electron chi connectivity index (χ3n) is 23.3. The number of hydrogen-bond acceptors (Lipinski definition) is 5. The first-order valence-corrected chi connectivity index (χ1v) is 37.6. The van der Waals surface area contributed by atoms with Gasteiger partial charge in [0.25, 0.3) is 0 Å². The molecule has 0 radical (unpaired) electrons. The van der Waals surface area contributed by atoms with Gasteiger partial charge < -0.3 is 18.0 Å². The maximum absolute atomic E-state index is 7.27. The number of nitrogens with zero attached hydrogens (tertiary/aromatic N) is 6. The zero-order chi connectivity index (χ0) is 72.5. The second-order valence-corrected chi connectivity index (χ2v) is 29.7. The molecule has 8 nitrogen and oxygen atoms in total. The van der Waals surface area contributed by atoms with Crippen molar-refractivity contribution in [2.45, 2.75) is 19.3 Å². The largest absolute Gasteiger partial charge is 0.454 e. The van der Waals surface area contributed by atoms with Crippen molar-refractivity contribution in [3.63, 3.8) is 0 Å². The molecule has 0 N–H and O–H groups in total. The van der Waals surface area contributed by atoms with E-state index in [1.54, 1.807) is 0 Å². The molecular formula is C102H64N6O2. The van der Waals surface area contributed by atoms with Crippen LogP contribution >= 0.6 is 0 Å². The lowest BCUT2D eigenvalue weighted by molar-refractivity contribution is 0.660. The Labute approximate surface area is 631 Å². The van der Waals surface area contributed by atoms with Crippen molar-refractivity contribution >= 4 is 109 Å². The first kappa shape index (κ1) is 61.8. The van der Waals surface area contributed by atoms with Crippen LogP contribution in [0, 0.1) is 0 Å². The molecule has 0 aliphatic heterocycles. The quantitative estimate of drug-likeness (QED) is 0.136. The number of aromatic nitrogens is 6. The van der Waals surface area contributed by atoms with E-state index in [4.69, 9.17) is 23.8 Å². The minimum atomic E-state index is -0.246. The number of hydrogen-bond donors (Lipinski definition) is 0. The van der Waals surface area contributed by atoms with Crippen LogP contribution in [-0.4, -0.2) is 28.7 Å². The summed E-state index contributed by atoms with van der Waals surface area (Å²) in [7, 11) is 0. The summed E-state index contributed by atoms with van der Waals surface area (Å²) < 4.78 is 21.6. The molecule has 0 unspecified atom stereocenters. The third-order valence-corrected chi connectivity index (χ3v) is 23.3. The molecule has 16 aromatic carbocycles. The highest BCUT2D eigenvalue weighted by molar-refractivity contribution is 6.20. The van der Waals surface area contributed by atoms with E-state index >= 15 is 0 Å². The Morgan fingerprint density at radius 3 is 1.49 bits per heavy atom. The third kappa shape index (κ3) is 9.23. The SMILES string of the molecule is CC1(C)c2ccccc2-c2cc3c4cc(-c5cc6c7ccccc7n(-c7cccc8c7oc7cccc(-c9nc(-c%10ccc(-c%11ccccc%11)cc%10)c%10ccccc%10n9)c78)c6cc5-c5ccccc5)ccc4n(-c4cccc5c4oc4cccc(-c6ccc(-c7nc8ccccc8n7-c7ccccc7)cc6)c45)c3cc21. The first-order valence-electron chi connectivity index (χ1n) is 37.6. The highest BCUT2D eigenvalue weighted by Gasteiger charge is 2.37. The highest BCUT2D eigenvalue weighted by Crippen LogP contribution is 2.53. The van der Waals surface area contributed by atoms with Gasteiger partial charge in [0, 0.05) is 76.3 Å². The molecule has 0 amide bonds. The van der Waals surface area contributed by atoms with Gasteiger partial charge in [-0.1, -0.05) is 269 Å². The summed E-state index contributed by atoms with van der Waals surface area (Å²) in [5.74, 6) is 1.53. The average molecular weight is 1410 g/mol. The van der Waals surface area contributed by atoms with Gasteiger partial charge in [-0.15, -0.1) is 0 Å². The van der Waals surface area contributed by atoms with Gasteiger partial charge in [0.1, 0.15) is 17.0 Å². The van der Waals surface area contributed by atoms with Crippen LogP contribution in [0.4, 0.5) is 0 Å². The minimum Gasteiger partial charge on any atom is -0.454 e. The van der Waals surface area contributed by atoms with Gasteiger partial charge in [0.2, 0.25) is 0 Å². The van der Waals surface area contributed by atoms with E-state index in [0.29, 0.717) is 5.82 Å². The van der Waals surface area contributed by atoms with E-state index in [-0.39, 0.29) is 5.41 Å². The summed E-state index contributed by atoms with van der Waals surface area (Å²) in [6, 6.07) is 127. The summed E-state index contributed by atoms with van der Waals surface area (Å²) in [4.78, 5) is 16.0. The standard InChI is InChI=1S/C102H64N6O2/c1-102(2)82-37-15-12-30-70(82)78-58-81-79-56-67(54-55-87(79)108(92(81)60-83(78)102)90-43-20-34-73-95-69(33-22-44-93(95)109-98(73)90)64-48-52-66(53-49-64)101-104-85-39-17-19-41-88(85)106(101)68-28-10-5-11-29-68)76-57-80-71-31-14-18-40-86(71)107(91(80)59-77(76)63-26-8-4-9-27-63)89-42-21-35-74-96-75(36-23-45-94(96)110-99(74)89)100-103-84-38-16-13-32-72(84)97(105-100)65-50-46-62(47-51-65)61-24-6-3-7-25-61/h3-60H,1-2H3. The molecule has 0 saturated heterocycles. The molecule has 22 aromatic rings. The van der Waals surface area contributed by atoms with E-state index in [0.717, 1.165) is 188 Å². The minimum absolute atomic E-state index is 0.246. The monoisotopic (exact) mass is 1400 g/mol. The van der Waals surface area contributed by atoms with E-state index in [9.17, 15) is 0 Å². The number of furan rings is 2. The van der Waals surface area contributed by atoms with Crippen LogP contribution in [0.2, 0.25) is 0 Å². The summed E-state index contributed by atoms with van der Waals surface area (Å²) in [5, 5.41) is 9.66. The highest BCUT2D eigenvalue weighted by atomic mass is 16.3. The fourth-order valence-corrected chi connectivity index (χ4v) is 18.2. The molecule has 6 aromatic heterocycles. The normalized spacial score (nSPS) is 12.7. The molecule has 514 valence electrons. The van der Waals surface area contributed by atoms with Crippen molar-refractivity contribution in [1.82, 2.24) is 28.7 Å². The molecule has 8 heteroatoms. The van der Waals surface area contributed by atoms with Gasteiger partial charge in [-0.3, -0.25) is 4.57 Å². The van der Waals surface area contributed by atoms with Crippen molar-refractivity contribution in [1.29, 1.82) is 0 Å². The maximum Gasteiger partial charge on any atom is 0.161 e. The summed E-state index contributed by atoms with van der Waals surface area (Å²) in [5.41, 5.74) is 31.2. The van der Waals surface area contributed by atoms with E-state index in [1.807, 2.05) is 0 Å². The fraction of sp³-hybridized carbons (Fsp3) is 0.0294. The summed E-state index contributed by atoms with van der Waals surface area (Å²) >= 11 is 0. The Balaban J connectivity index is 0.687. The molecule has 1 aliphatic carbocycles. The topological polar surface area (TPSA) is 79.7 Å².